The van der Waals surface area contributed by atoms with Crippen molar-refractivity contribution in [2.45, 2.75) is 6.92 Å². The Morgan fingerprint density at radius 2 is 2.04 bits per heavy atom. The number of carbonyl (C=O) groups is 3. The number of amides is 2. The maximum Gasteiger partial charge on any atom is 0.335 e. The average molecular weight is 329 g/mol. The molecular weight excluding hydrogens is 318 g/mol. The molecule has 1 aromatic heterocycles. The van der Waals surface area contributed by atoms with Gasteiger partial charge < -0.3 is 9.52 Å². The van der Waals surface area contributed by atoms with Crippen molar-refractivity contribution in [1.29, 1.82) is 0 Å². The Kier molecular flexibility index (Phi) is 3.79. The van der Waals surface area contributed by atoms with Crippen LogP contribution in [0.15, 0.2) is 39.7 Å². The second kappa shape index (κ2) is 5.77. The Balaban J connectivity index is 1.91. The Hall–Kier alpha value is -2.80. The molecule has 1 aromatic carbocycles. The van der Waals surface area contributed by atoms with Crippen LogP contribution < -0.4 is 5.32 Å². The summed E-state index contributed by atoms with van der Waals surface area (Å²) in [5, 5.41) is 10.7. The van der Waals surface area contributed by atoms with Gasteiger partial charge in [0.05, 0.1) is 10.5 Å². The number of imide groups is 1. The molecule has 2 N–H and O–H groups in total. The molecule has 1 aliphatic rings. The number of carboxylic acids is 1. The molecule has 1 aliphatic heterocycles. The summed E-state index contributed by atoms with van der Waals surface area (Å²) in [5.41, 5.74) is 1.73. The van der Waals surface area contributed by atoms with E-state index in [2.05, 4.69) is 5.32 Å². The lowest BCUT2D eigenvalue weighted by atomic mass is 10.0. The number of nitrogens with one attached hydrogen (secondary N) is 1. The fourth-order valence-corrected chi connectivity index (χ4v) is 2.86. The smallest absolute Gasteiger partial charge is 0.335 e. The quantitative estimate of drug-likeness (QED) is 0.839. The van der Waals surface area contributed by atoms with Crippen molar-refractivity contribution < 1.29 is 23.9 Å². The maximum atomic E-state index is 11.5. The molecule has 0 atom stereocenters. The highest BCUT2D eigenvalue weighted by Crippen LogP contribution is 2.30. The predicted octanol–water partition coefficient (Wildman–Crippen LogP) is 3.28. The van der Waals surface area contributed by atoms with Crippen molar-refractivity contribution in [3.8, 4) is 11.3 Å². The molecule has 0 aliphatic carbocycles. The molecule has 2 aromatic rings. The minimum Gasteiger partial charge on any atom is -0.478 e. The molecule has 1 saturated heterocycles. The zero-order valence-electron chi connectivity index (χ0n) is 12.0. The molecule has 23 heavy (non-hydrogen) atoms. The first-order chi connectivity index (χ1) is 10.9. The van der Waals surface area contributed by atoms with Gasteiger partial charge in [0.1, 0.15) is 11.5 Å². The normalized spacial score (nSPS) is 16.0. The van der Waals surface area contributed by atoms with E-state index in [1.54, 1.807) is 31.2 Å². The molecule has 6 nitrogen and oxygen atoms in total. The van der Waals surface area contributed by atoms with Gasteiger partial charge >= 0.3 is 5.97 Å². The van der Waals surface area contributed by atoms with Crippen molar-refractivity contribution in [3.05, 3.63) is 52.1 Å². The van der Waals surface area contributed by atoms with E-state index in [1.165, 1.54) is 12.1 Å². The van der Waals surface area contributed by atoms with Gasteiger partial charge in [0, 0.05) is 11.6 Å². The van der Waals surface area contributed by atoms with Gasteiger partial charge in [-0.1, -0.05) is 6.07 Å². The first-order valence-corrected chi connectivity index (χ1v) is 7.45. The first-order valence-electron chi connectivity index (χ1n) is 6.63. The second-order valence-electron chi connectivity index (χ2n) is 4.89. The molecule has 116 valence electrons. The molecule has 3 rings (SSSR count). The zero-order valence-corrected chi connectivity index (χ0v) is 12.8. The van der Waals surface area contributed by atoms with Crippen LogP contribution in [0.2, 0.25) is 0 Å². The Morgan fingerprint density at radius 1 is 1.26 bits per heavy atom. The first kappa shape index (κ1) is 15.1. The standard InChI is InChI=1S/C16H11NO5S/c1-8-6-9(15(19)20)2-4-11(8)12-5-3-10(22-12)7-13-14(18)17-16(21)23-13/h2-7H,1H3,(H,19,20)(H,17,18,21)/b13-7+. The minimum absolute atomic E-state index is 0.206. The third-order valence-corrected chi connectivity index (χ3v) is 4.09. The number of benzene rings is 1. The summed E-state index contributed by atoms with van der Waals surface area (Å²) in [7, 11) is 0. The van der Waals surface area contributed by atoms with Crippen LogP contribution >= 0.6 is 11.8 Å². The summed E-state index contributed by atoms with van der Waals surface area (Å²) in [6, 6.07) is 8.16. The zero-order chi connectivity index (χ0) is 16.6. The Labute approximate surface area is 135 Å². The van der Waals surface area contributed by atoms with Crippen molar-refractivity contribution in [2.75, 3.05) is 0 Å². The summed E-state index contributed by atoms with van der Waals surface area (Å²) >= 11 is 0.818. The van der Waals surface area contributed by atoms with E-state index in [9.17, 15) is 14.4 Å². The van der Waals surface area contributed by atoms with Gasteiger partial charge in [-0.05, 0) is 48.5 Å². The van der Waals surface area contributed by atoms with E-state index < -0.39 is 17.1 Å². The van der Waals surface area contributed by atoms with E-state index in [1.807, 2.05) is 0 Å². The van der Waals surface area contributed by atoms with Crippen molar-refractivity contribution >= 4 is 35.0 Å². The number of furan rings is 1. The number of aryl methyl sites for hydroxylation is 1. The predicted molar refractivity (Wildman–Crippen MR) is 84.9 cm³/mol. The van der Waals surface area contributed by atoms with E-state index >= 15 is 0 Å². The van der Waals surface area contributed by atoms with Crippen LogP contribution in [0, 0.1) is 6.92 Å². The third kappa shape index (κ3) is 3.04. The molecule has 0 bridgehead atoms. The van der Waals surface area contributed by atoms with Gasteiger partial charge in [-0.15, -0.1) is 0 Å². The van der Waals surface area contributed by atoms with E-state index in [0.717, 1.165) is 22.9 Å². The molecule has 0 saturated carbocycles. The van der Waals surface area contributed by atoms with Crippen LogP contribution in [0.25, 0.3) is 17.4 Å². The Morgan fingerprint density at radius 3 is 2.65 bits per heavy atom. The SMILES string of the molecule is Cc1cc(C(=O)O)ccc1-c1ccc(/C=C2/SC(=O)NC2=O)o1. The monoisotopic (exact) mass is 329 g/mol. The van der Waals surface area contributed by atoms with Gasteiger partial charge in [-0.25, -0.2) is 4.79 Å². The summed E-state index contributed by atoms with van der Waals surface area (Å²) < 4.78 is 5.67. The van der Waals surface area contributed by atoms with Gasteiger partial charge in [0.25, 0.3) is 11.1 Å². The number of carboxylic acid groups (broad SMARTS) is 1. The minimum atomic E-state index is -0.988. The lowest BCUT2D eigenvalue weighted by Gasteiger charge is -2.03. The Bertz CT molecular complexity index is 865. The molecule has 7 heteroatoms. The number of thioether (sulfide) groups is 1. The van der Waals surface area contributed by atoms with Crippen LogP contribution in [0.1, 0.15) is 21.7 Å². The highest BCUT2D eigenvalue weighted by molar-refractivity contribution is 8.18. The molecule has 0 spiro atoms. The number of hydrogen-bond acceptors (Lipinski definition) is 5. The van der Waals surface area contributed by atoms with Gasteiger partial charge in [-0.3, -0.25) is 14.9 Å². The lowest BCUT2D eigenvalue weighted by molar-refractivity contribution is -0.115. The number of hydrogen-bond donors (Lipinski definition) is 2. The topological polar surface area (TPSA) is 96.6 Å². The van der Waals surface area contributed by atoms with Crippen LogP contribution in [0.3, 0.4) is 0 Å². The highest BCUT2D eigenvalue weighted by atomic mass is 32.2. The molecular formula is C16H11NO5S. The summed E-state index contributed by atoms with van der Waals surface area (Å²) in [5.74, 6) is -0.437. The van der Waals surface area contributed by atoms with Crippen molar-refractivity contribution in [2.24, 2.45) is 0 Å². The fourth-order valence-electron chi connectivity index (χ4n) is 2.20. The molecule has 0 radical (unpaired) electrons. The lowest BCUT2D eigenvalue weighted by Crippen LogP contribution is -2.17. The van der Waals surface area contributed by atoms with Crippen molar-refractivity contribution in [1.82, 2.24) is 5.32 Å². The maximum absolute atomic E-state index is 11.5. The largest absolute Gasteiger partial charge is 0.478 e. The third-order valence-electron chi connectivity index (χ3n) is 3.28. The second-order valence-corrected chi connectivity index (χ2v) is 5.90. The number of rotatable bonds is 3. The van der Waals surface area contributed by atoms with E-state index in [-0.39, 0.29) is 10.5 Å². The van der Waals surface area contributed by atoms with Crippen LogP contribution in [0.5, 0.6) is 0 Å². The van der Waals surface area contributed by atoms with Gasteiger partial charge in [-0.2, -0.15) is 0 Å². The summed E-state index contributed by atoms with van der Waals surface area (Å²) in [4.78, 5) is 33.9. The summed E-state index contributed by atoms with van der Waals surface area (Å²) in [6.07, 6.45) is 1.50. The van der Waals surface area contributed by atoms with Crippen molar-refractivity contribution in [3.63, 3.8) is 0 Å². The summed E-state index contributed by atoms with van der Waals surface area (Å²) in [6.45, 7) is 1.79. The van der Waals surface area contributed by atoms with E-state index in [0.29, 0.717) is 11.5 Å². The molecule has 2 heterocycles. The molecule has 1 fully saturated rings. The van der Waals surface area contributed by atoms with Crippen LogP contribution in [0.4, 0.5) is 4.79 Å². The molecule has 0 unspecified atom stereocenters. The molecule has 2 amide bonds. The number of aromatic carboxylic acids is 1. The highest BCUT2D eigenvalue weighted by Gasteiger charge is 2.25. The van der Waals surface area contributed by atoms with Gasteiger partial charge in [0.2, 0.25) is 0 Å². The van der Waals surface area contributed by atoms with Gasteiger partial charge in [0.15, 0.2) is 0 Å². The van der Waals surface area contributed by atoms with E-state index in [4.69, 9.17) is 9.52 Å². The number of carbonyl (C=O) groups excluding carboxylic acids is 2. The average Bonchev–Trinajstić information content (AvgIpc) is 3.06. The van der Waals surface area contributed by atoms with Crippen LogP contribution in [-0.4, -0.2) is 22.2 Å². The van der Waals surface area contributed by atoms with Crippen LogP contribution in [-0.2, 0) is 4.79 Å². The fraction of sp³-hybridized carbons (Fsp3) is 0.0625.